The molecule has 0 spiro atoms. The lowest BCUT2D eigenvalue weighted by atomic mass is 10.4. The van der Waals surface area contributed by atoms with E-state index >= 15 is 0 Å². The second-order valence-electron chi connectivity index (χ2n) is 1.40. The molecular weight excluding hydrogens is 179 g/mol. The quantitative estimate of drug-likeness (QED) is 0.541. The Kier molecular flexibility index (Phi) is 15.9. The van der Waals surface area contributed by atoms with Crippen LogP contribution in [0.1, 0.15) is 0 Å². The predicted octanol–water partition coefficient (Wildman–Crippen LogP) is -0.204. The number of hydrogen-bond acceptors (Lipinski definition) is 3. The van der Waals surface area contributed by atoms with Crippen molar-refractivity contribution < 1.29 is 15.3 Å². The molecule has 0 aliphatic carbocycles. The van der Waals surface area contributed by atoms with Crippen LogP contribution >= 0.6 is 23.2 Å². The maximum Gasteiger partial charge on any atom is 0.100 e. The lowest BCUT2D eigenvalue weighted by molar-refractivity contribution is 0.0450. The van der Waals surface area contributed by atoms with Gasteiger partial charge in [0.1, 0.15) is 6.10 Å². The van der Waals surface area contributed by atoms with Gasteiger partial charge in [-0.05, 0) is 0 Å². The third-order valence-corrected chi connectivity index (χ3v) is 1.06. The number of aliphatic hydroxyl groups excluding tert-OH is 3. The van der Waals surface area contributed by atoms with E-state index < -0.39 is 6.10 Å². The first-order valence-electron chi connectivity index (χ1n) is 2.74. The van der Waals surface area contributed by atoms with Crippen LogP contribution in [0.4, 0.5) is 0 Å². The maximum absolute atomic E-state index is 8.17. The van der Waals surface area contributed by atoms with Gasteiger partial charge in [-0.15, -0.1) is 23.2 Å². The fourth-order valence-electron chi connectivity index (χ4n) is 0.0577. The summed E-state index contributed by atoms with van der Waals surface area (Å²) >= 11 is 10.1. The fourth-order valence-corrected chi connectivity index (χ4v) is 0.0577. The number of aliphatic hydroxyl groups is 3. The van der Waals surface area contributed by atoms with Crippen molar-refractivity contribution in [3.05, 3.63) is 0 Å². The van der Waals surface area contributed by atoms with Gasteiger partial charge in [-0.25, -0.2) is 0 Å². The Balaban J connectivity index is 0. The molecule has 0 unspecified atom stereocenters. The summed E-state index contributed by atoms with van der Waals surface area (Å²) in [4.78, 5) is 0. The Morgan fingerprint density at radius 1 is 1.00 bits per heavy atom. The lowest BCUT2D eigenvalue weighted by Gasteiger charge is -1.96. The molecule has 3 N–H and O–H groups in total. The van der Waals surface area contributed by atoms with Crippen LogP contribution in [0.25, 0.3) is 0 Å². The van der Waals surface area contributed by atoms with Gasteiger partial charge in [-0.3, -0.25) is 0 Å². The van der Waals surface area contributed by atoms with Gasteiger partial charge in [0.05, 0.1) is 13.2 Å². The van der Waals surface area contributed by atoms with Crippen molar-refractivity contribution >= 4 is 23.2 Å². The Morgan fingerprint density at radius 2 is 1.30 bits per heavy atom. The summed E-state index contributed by atoms with van der Waals surface area (Å²) in [5.74, 6) is 1.11. The van der Waals surface area contributed by atoms with Crippen molar-refractivity contribution in [2.75, 3.05) is 25.0 Å². The van der Waals surface area contributed by atoms with Crippen molar-refractivity contribution in [3.63, 3.8) is 0 Å². The Hall–Kier alpha value is 0.460. The number of halogens is 2. The van der Waals surface area contributed by atoms with Gasteiger partial charge in [-0.2, -0.15) is 0 Å². The molecule has 0 bridgehead atoms. The molecule has 0 saturated heterocycles. The zero-order chi connectivity index (χ0) is 8.41. The molecule has 0 rings (SSSR count). The second kappa shape index (κ2) is 12.2. The maximum atomic E-state index is 8.17. The largest absolute Gasteiger partial charge is 0.394 e. The van der Waals surface area contributed by atoms with E-state index in [2.05, 4.69) is 0 Å². The van der Waals surface area contributed by atoms with Crippen LogP contribution in [-0.2, 0) is 0 Å². The number of hydrogen-bond donors (Lipinski definition) is 3. The van der Waals surface area contributed by atoms with E-state index in [1.807, 2.05) is 0 Å². The van der Waals surface area contributed by atoms with Crippen LogP contribution < -0.4 is 0 Å². The van der Waals surface area contributed by atoms with Gasteiger partial charge in [0.2, 0.25) is 0 Å². The van der Waals surface area contributed by atoms with Crippen molar-refractivity contribution in [3.8, 4) is 0 Å². The van der Waals surface area contributed by atoms with Gasteiger partial charge < -0.3 is 15.3 Å². The minimum atomic E-state index is -0.954. The molecule has 0 aromatic rings. The minimum absolute atomic E-state index is 0.365. The molecule has 0 aromatic carbocycles. The highest BCUT2D eigenvalue weighted by molar-refractivity contribution is 6.25. The topological polar surface area (TPSA) is 60.7 Å². The monoisotopic (exact) mass is 190 g/mol. The molecule has 0 aliphatic rings. The fraction of sp³-hybridized carbons (Fsp3) is 1.00. The summed E-state index contributed by atoms with van der Waals surface area (Å²) in [5.41, 5.74) is 0. The van der Waals surface area contributed by atoms with E-state index in [0.717, 1.165) is 0 Å². The molecule has 0 amide bonds. The van der Waals surface area contributed by atoms with E-state index in [0.29, 0.717) is 11.8 Å². The van der Waals surface area contributed by atoms with E-state index in [1.54, 1.807) is 0 Å². The van der Waals surface area contributed by atoms with Crippen LogP contribution in [0.15, 0.2) is 0 Å². The predicted molar refractivity (Wildman–Crippen MR) is 41.6 cm³/mol. The molecule has 0 radical (unpaired) electrons. The van der Waals surface area contributed by atoms with Crippen LogP contribution in [0, 0.1) is 0 Å². The van der Waals surface area contributed by atoms with Gasteiger partial charge in [0, 0.05) is 11.8 Å². The zero-order valence-corrected chi connectivity index (χ0v) is 7.02. The Morgan fingerprint density at radius 3 is 1.30 bits per heavy atom. The molecular formula is C5H12Cl2O3. The molecule has 5 heteroatoms. The first kappa shape index (κ1) is 13.1. The molecule has 0 aliphatic heterocycles. The molecule has 0 aromatic heterocycles. The minimum Gasteiger partial charge on any atom is -0.394 e. The number of rotatable bonds is 3. The average Bonchev–Trinajstić information content (AvgIpc) is 2.03. The average molecular weight is 191 g/mol. The Bertz CT molecular complexity index is 48.2. The van der Waals surface area contributed by atoms with E-state index in [1.165, 1.54) is 0 Å². The third kappa shape index (κ3) is 15.8. The standard InChI is InChI=1S/C3H8O3.C2H4Cl2/c4-1-3(6)2-5;3-1-2-4/h3-6H,1-2H2;1-2H2. The van der Waals surface area contributed by atoms with Gasteiger partial charge in [0.25, 0.3) is 0 Å². The molecule has 0 atom stereocenters. The van der Waals surface area contributed by atoms with Crippen LogP contribution in [0.5, 0.6) is 0 Å². The van der Waals surface area contributed by atoms with Gasteiger partial charge >= 0.3 is 0 Å². The smallest absolute Gasteiger partial charge is 0.100 e. The molecule has 10 heavy (non-hydrogen) atoms. The summed E-state index contributed by atoms with van der Waals surface area (Å²) in [6.07, 6.45) is -0.954. The highest BCUT2D eigenvalue weighted by atomic mass is 35.5. The highest BCUT2D eigenvalue weighted by Crippen LogP contribution is 1.75. The highest BCUT2D eigenvalue weighted by Gasteiger charge is 1.93. The van der Waals surface area contributed by atoms with Crippen LogP contribution in [0.2, 0.25) is 0 Å². The zero-order valence-electron chi connectivity index (χ0n) is 5.50. The van der Waals surface area contributed by atoms with Gasteiger partial charge in [-0.1, -0.05) is 0 Å². The van der Waals surface area contributed by atoms with Crippen LogP contribution in [-0.4, -0.2) is 46.4 Å². The molecule has 0 heterocycles. The van der Waals surface area contributed by atoms with Crippen LogP contribution in [0.3, 0.4) is 0 Å². The van der Waals surface area contributed by atoms with Crippen molar-refractivity contribution in [1.82, 2.24) is 0 Å². The summed E-state index contributed by atoms with van der Waals surface area (Å²) in [7, 11) is 0. The van der Waals surface area contributed by atoms with E-state index in [9.17, 15) is 0 Å². The van der Waals surface area contributed by atoms with E-state index in [4.69, 9.17) is 38.5 Å². The van der Waals surface area contributed by atoms with Crippen molar-refractivity contribution in [2.24, 2.45) is 0 Å². The first-order chi connectivity index (χ1) is 4.72. The second-order valence-corrected chi connectivity index (χ2v) is 2.15. The summed E-state index contributed by atoms with van der Waals surface area (Å²) in [5, 5.41) is 24.0. The lowest BCUT2D eigenvalue weighted by Crippen LogP contribution is -2.15. The van der Waals surface area contributed by atoms with E-state index in [-0.39, 0.29) is 13.2 Å². The molecule has 0 fully saturated rings. The molecule has 64 valence electrons. The van der Waals surface area contributed by atoms with Crippen molar-refractivity contribution in [2.45, 2.75) is 6.10 Å². The van der Waals surface area contributed by atoms with Crippen molar-refractivity contribution in [1.29, 1.82) is 0 Å². The Labute approximate surface area is 70.2 Å². The third-order valence-electron chi connectivity index (χ3n) is 0.493. The normalized spacial score (nSPS) is 9.00. The summed E-state index contributed by atoms with van der Waals surface area (Å²) in [6.45, 7) is -0.729. The van der Waals surface area contributed by atoms with Gasteiger partial charge in [0.15, 0.2) is 0 Å². The summed E-state index contributed by atoms with van der Waals surface area (Å²) < 4.78 is 0. The molecule has 0 saturated carbocycles. The number of alkyl halides is 2. The molecule has 3 nitrogen and oxygen atoms in total. The SMILES string of the molecule is ClCCCl.OCC(O)CO. The first-order valence-corrected chi connectivity index (χ1v) is 3.81. The summed E-state index contributed by atoms with van der Waals surface area (Å²) in [6, 6.07) is 0.